The van der Waals surface area contributed by atoms with Crippen LogP contribution in [0.5, 0.6) is 23.1 Å². The van der Waals surface area contributed by atoms with Crippen molar-refractivity contribution in [2.24, 2.45) is 0 Å². The fourth-order valence-electron chi connectivity index (χ4n) is 4.59. The molecule has 0 bridgehead atoms. The molecule has 6 rings (SSSR count). The molecule has 0 saturated carbocycles. The van der Waals surface area contributed by atoms with Crippen molar-refractivity contribution in [3.05, 3.63) is 55.0 Å². The van der Waals surface area contributed by atoms with Crippen molar-refractivity contribution in [2.75, 3.05) is 32.6 Å². The lowest BCUT2D eigenvalue weighted by atomic mass is 10.0. The maximum atomic E-state index is 14.9. The van der Waals surface area contributed by atoms with Crippen LogP contribution in [0.15, 0.2) is 49.4 Å². The van der Waals surface area contributed by atoms with E-state index in [-0.39, 0.29) is 18.1 Å². The maximum absolute atomic E-state index is 14.9. The molecular formula is C26H25F2N9O3. The summed E-state index contributed by atoms with van der Waals surface area (Å²) in [5.74, 6) is -1.01. The number of likely N-dealkylation sites (tertiary alicyclic amines) is 1. The third kappa shape index (κ3) is 4.88. The molecule has 0 radical (unpaired) electrons. The lowest BCUT2D eigenvalue weighted by Gasteiger charge is -2.36. The van der Waals surface area contributed by atoms with E-state index in [4.69, 9.17) is 14.2 Å². The number of piperidine rings is 1. The van der Waals surface area contributed by atoms with Gasteiger partial charge in [-0.1, -0.05) is 0 Å². The first-order valence-electron chi connectivity index (χ1n) is 12.4. The minimum absolute atomic E-state index is 0.0602. The summed E-state index contributed by atoms with van der Waals surface area (Å²) in [5.41, 5.74) is 1.92. The molecule has 1 N–H and O–H groups in total. The summed E-state index contributed by atoms with van der Waals surface area (Å²) >= 11 is 0. The van der Waals surface area contributed by atoms with Gasteiger partial charge in [-0.3, -0.25) is 0 Å². The number of pyridine rings is 1. The minimum Gasteiger partial charge on any atom is -0.478 e. The lowest BCUT2D eigenvalue weighted by molar-refractivity contribution is -0.135. The number of rotatable bonds is 7. The summed E-state index contributed by atoms with van der Waals surface area (Å²) in [4.78, 5) is 22.7. The van der Waals surface area contributed by atoms with Crippen LogP contribution in [-0.2, 0) is 0 Å². The Labute approximate surface area is 227 Å². The Bertz CT molecular complexity index is 1700. The Morgan fingerprint density at radius 1 is 1.07 bits per heavy atom. The number of hydrogen-bond donors (Lipinski definition) is 1. The molecule has 1 saturated heterocycles. The number of hydrogen-bond acceptors (Lipinski definition) is 11. The van der Waals surface area contributed by atoms with E-state index >= 15 is 0 Å². The van der Waals surface area contributed by atoms with Crippen molar-refractivity contribution in [1.29, 1.82) is 0 Å². The number of fused-ring (bicyclic) bond motifs is 2. The number of benzene rings is 1. The molecule has 1 aliphatic rings. The maximum Gasteiger partial charge on any atom is 0.296 e. The van der Waals surface area contributed by atoms with Gasteiger partial charge in [0.25, 0.3) is 17.6 Å². The highest BCUT2D eigenvalue weighted by Crippen LogP contribution is 2.41. The average Bonchev–Trinajstić information content (AvgIpc) is 3.39. The molecule has 5 heterocycles. The molecule has 14 heteroatoms. The van der Waals surface area contributed by atoms with Gasteiger partial charge >= 0.3 is 0 Å². The number of halogens is 2. The first-order chi connectivity index (χ1) is 19.3. The Balaban J connectivity index is 1.31. The van der Waals surface area contributed by atoms with Gasteiger partial charge < -0.3 is 24.4 Å². The minimum atomic E-state index is -3.07. The van der Waals surface area contributed by atoms with Crippen molar-refractivity contribution in [2.45, 2.75) is 25.4 Å². The number of nitrogens with zero attached hydrogens (tertiary/aromatic N) is 8. The second kappa shape index (κ2) is 10.1. The zero-order valence-electron chi connectivity index (χ0n) is 21.9. The van der Waals surface area contributed by atoms with Crippen molar-refractivity contribution in [3.8, 4) is 23.1 Å². The fourth-order valence-corrected chi connectivity index (χ4v) is 4.59. The quantitative estimate of drug-likeness (QED) is 0.316. The van der Waals surface area contributed by atoms with Crippen molar-refractivity contribution >= 4 is 28.2 Å². The Morgan fingerprint density at radius 2 is 1.95 bits per heavy atom. The predicted octanol–water partition coefficient (Wildman–Crippen LogP) is 4.03. The Kier molecular flexibility index (Phi) is 6.46. The number of aryl methyl sites for hydroxylation is 1. The predicted molar refractivity (Wildman–Crippen MR) is 141 cm³/mol. The van der Waals surface area contributed by atoms with Crippen LogP contribution in [0.2, 0.25) is 0 Å². The zero-order chi connectivity index (χ0) is 27.9. The van der Waals surface area contributed by atoms with Crippen LogP contribution in [0.25, 0.3) is 16.7 Å². The normalized spacial score (nSPS) is 17.2. The monoisotopic (exact) mass is 549 g/mol. The third-order valence-electron chi connectivity index (χ3n) is 6.56. The van der Waals surface area contributed by atoms with E-state index in [1.165, 1.54) is 30.5 Å². The molecule has 1 atom stereocenters. The van der Waals surface area contributed by atoms with Gasteiger partial charge in [0, 0.05) is 18.7 Å². The largest absolute Gasteiger partial charge is 0.478 e. The molecule has 0 spiro atoms. The first-order valence-corrected chi connectivity index (χ1v) is 12.4. The standard InChI is InChI=1S/C26H25F2N9O3/c1-15-8-16(4-5-19(15)39-17-9-30-25-33-14-34-37(25)11-17)35-23-21-18(31-13-32-23)10-29-24(38-3)22(21)40-20-6-7-36(2)12-26(20,27)28/h4-5,8-11,13-14,20H,6-7,12H2,1-3H3,(H,31,32,35)/t20-/m1/s1. The number of nitrogens with one attached hydrogen (secondary N) is 1. The first kappa shape index (κ1) is 25.6. The highest BCUT2D eigenvalue weighted by atomic mass is 19.3. The number of anilines is 2. The number of alkyl halides is 2. The van der Waals surface area contributed by atoms with E-state index < -0.39 is 18.6 Å². The molecule has 0 amide bonds. The summed E-state index contributed by atoms with van der Waals surface area (Å²) < 4.78 is 48.6. The average molecular weight is 550 g/mol. The molecule has 1 fully saturated rings. The Morgan fingerprint density at radius 3 is 2.75 bits per heavy atom. The van der Waals surface area contributed by atoms with Crippen LogP contribution in [0.1, 0.15) is 12.0 Å². The van der Waals surface area contributed by atoms with Crippen LogP contribution >= 0.6 is 0 Å². The zero-order valence-corrected chi connectivity index (χ0v) is 21.9. The molecule has 12 nitrogen and oxygen atoms in total. The van der Waals surface area contributed by atoms with Gasteiger partial charge in [0.1, 0.15) is 24.2 Å². The summed E-state index contributed by atoms with van der Waals surface area (Å²) in [7, 11) is 3.06. The van der Waals surface area contributed by atoms with Crippen LogP contribution in [0.3, 0.4) is 0 Å². The molecule has 0 aliphatic carbocycles. The molecule has 0 unspecified atom stereocenters. The molecule has 206 valence electrons. The van der Waals surface area contributed by atoms with Crippen LogP contribution in [0.4, 0.5) is 20.3 Å². The van der Waals surface area contributed by atoms with Gasteiger partial charge in [0.05, 0.1) is 43.1 Å². The molecule has 5 aromatic rings. The smallest absolute Gasteiger partial charge is 0.296 e. The van der Waals surface area contributed by atoms with Gasteiger partial charge in [-0.15, -0.1) is 0 Å². The van der Waals surface area contributed by atoms with E-state index in [1.54, 1.807) is 30.4 Å². The summed E-state index contributed by atoms with van der Waals surface area (Å²) in [6.07, 6.45) is 6.30. The van der Waals surface area contributed by atoms with Crippen molar-refractivity contribution in [1.82, 2.24) is 39.4 Å². The SMILES string of the molecule is COc1ncc2ncnc(Nc3ccc(Oc4cnc5ncnn5c4)c(C)c3)c2c1O[C@@H]1CCN(C)CC1(F)F. The van der Waals surface area contributed by atoms with E-state index in [1.807, 2.05) is 19.1 Å². The van der Waals surface area contributed by atoms with Gasteiger partial charge in [0.15, 0.2) is 17.6 Å². The van der Waals surface area contributed by atoms with E-state index in [9.17, 15) is 8.78 Å². The van der Waals surface area contributed by atoms with Crippen LogP contribution in [-0.4, -0.2) is 78.7 Å². The molecule has 1 aromatic carbocycles. The highest BCUT2D eigenvalue weighted by Gasteiger charge is 2.46. The van der Waals surface area contributed by atoms with E-state index in [0.29, 0.717) is 46.2 Å². The van der Waals surface area contributed by atoms with Gasteiger partial charge in [-0.05, 0) is 37.7 Å². The highest BCUT2D eigenvalue weighted by molar-refractivity contribution is 5.96. The van der Waals surface area contributed by atoms with E-state index in [2.05, 4.69) is 35.3 Å². The number of ether oxygens (including phenoxy) is 3. The van der Waals surface area contributed by atoms with Crippen molar-refractivity contribution in [3.63, 3.8) is 0 Å². The van der Waals surface area contributed by atoms with Crippen LogP contribution < -0.4 is 19.5 Å². The van der Waals surface area contributed by atoms with Gasteiger partial charge in [0.2, 0.25) is 0 Å². The number of aromatic nitrogens is 7. The second-order valence-corrected chi connectivity index (χ2v) is 9.47. The summed E-state index contributed by atoms with van der Waals surface area (Å²) in [6, 6.07) is 5.47. The van der Waals surface area contributed by atoms with E-state index in [0.717, 1.165) is 5.56 Å². The third-order valence-corrected chi connectivity index (χ3v) is 6.56. The Hall–Kier alpha value is -4.72. The molecule has 40 heavy (non-hydrogen) atoms. The topological polar surface area (TPSA) is 125 Å². The van der Waals surface area contributed by atoms with Crippen molar-refractivity contribution < 1.29 is 23.0 Å². The number of methoxy groups -OCH3 is 1. The molecular weight excluding hydrogens is 524 g/mol. The summed E-state index contributed by atoms with van der Waals surface area (Å²) in [5, 5.41) is 7.71. The van der Waals surface area contributed by atoms with Crippen LogP contribution in [0, 0.1) is 6.92 Å². The molecule has 1 aliphatic heterocycles. The fraction of sp³-hybridized carbons (Fsp3) is 0.308. The van der Waals surface area contributed by atoms with Gasteiger partial charge in [-0.25, -0.2) is 33.2 Å². The van der Waals surface area contributed by atoms with Gasteiger partial charge in [-0.2, -0.15) is 10.1 Å². The lowest BCUT2D eigenvalue weighted by Crippen LogP contribution is -2.52. The second-order valence-electron chi connectivity index (χ2n) is 9.47. The molecule has 4 aromatic heterocycles. The summed E-state index contributed by atoms with van der Waals surface area (Å²) in [6.45, 7) is 1.96.